The van der Waals surface area contributed by atoms with Gasteiger partial charge in [-0.3, -0.25) is 9.69 Å². The van der Waals surface area contributed by atoms with E-state index in [9.17, 15) is 4.79 Å². The molecule has 1 aliphatic heterocycles. The number of carbonyl (C=O) groups excluding carboxylic acids is 1. The van der Waals surface area contributed by atoms with Crippen LogP contribution in [0.5, 0.6) is 0 Å². The summed E-state index contributed by atoms with van der Waals surface area (Å²) in [5.74, 6) is 0.231. The summed E-state index contributed by atoms with van der Waals surface area (Å²) in [4.78, 5) is 17.1. The van der Waals surface area contributed by atoms with E-state index in [1.807, 2.05) is 41.3 Å². The first-order valence-electron chi connectivity index (χ1n) is 9.24. The molecule has 134 valence electrons. The van der Waals surface area contributed by atoms with Crippen LogP contribution >= 0.6 is 0 Å². The summed E-state index contributed by atoms with van der Waals surface area (Å²) in [6, 6.07) is 20.4. The maximum atomic E-state index is 12.7. The average Bonchev–Trinajstić information content (AvgIpc) is 2.82. The summed E-state index contributed by atoms with van der Waals surface area (Å²) in [6.45, 7) is 5.23. The van der Waals surface area contributed by atoms with E-state index in [1.54, 1.807) is 0 Å². The van der Waals surface area contributed by atoms with Crippen LogP contribution in [0.15, 0.2) is 54.6 Å². The molecule has 0 radical (unpaired) electrons. The van der Waals surface area contributed by atoms with Gasteiger partial charge in [0.1, 0.15) is 0 Å². The van der Waals surface area contributed by atoms with Gasteiger partial charge in [0.25, 0.3) is 0 Å². The van der Waals surface area contributed by atoms with Gasteiger partial charge in [0, 0.05) is 38.6 Å². The normalized spacial score (nSPS) is 18.4. The topological polar surface area (TPSA) is 47.3 Å². The lowest BCUT2D eigenvalue weighted by Crippen LogP contribution is -2.42. The van der Waals surface area contributed by atoms with E-state index in [0.29, 0.717) is 18.5 Å². The van der Waals surface area contributed by atoms with Gasteiger partial charge >= 0.3 is 0 Å². The van der Waals surface area contributed by atoms with E-state index in [0.717, 1.165) is 31.6 Å². The molecular weight excluding hydrogens is 322 g/mol. The predicted octanol–water partition coefficient (Wildman–Crippen LogP) is 3.57. The van der Waals surface area contributed by atoms with E-state index in [2.05, 4.69) is 36.1 Å². The largest absolute Gasteiger partial charge is 0.334 e. The molecule has 0 bridgehead atoms. The van der Waals surface area contributed by atoms with Crippen LogP contribution in [0.3, 0.4) is 0 Å². The lowest BCUT2D eigenvalue weighted by molar-refractivity contribution is -0.133. The Morgan fingerprint density at radius 3 is 2.58 bits per heavy atom. The van der Waals surface area contributed by atoms with Crippen molar-refractivity contribution in [3.8, 4) is 6.07 Å². The Balaban J connectivity index is 1.72. The van der Waals surface area contributed by atoms with Crippen molar-refractivity contribution in [3.63, 3.8) is 0 Å². The van der Waals surface area contributed by atoms with Gasteiger partial charge in [-0.15, -0.1) is 0 Å². The van der Waals surface area contributed by atoms with Gasteiger partial charge < -0.3 is 4.90 Å². The maximum Gasteiger partial charge on any atom is 0.224 e. The smallest absolute Gasteiger partial charge is 0.224 e. The average molecular weight is 347 g/mol. The van der Waals surface area contributed by atoms with Crippen molar-refractivity contribution >= 4 is 5.91 Å². The van der Waals surface area contributed by atoms with Crippen LogP contribution in [0.2, 0.25) is 0 Å². The minimum atomic E-state index is 0.212. The monoisotopic (exact) mass is 347 g/mol. The van der Waals surface area contributed by atoms with Crippen LogP contribution in [-0.2, 0) is 17.9 Å². The zero-order chi connectivity index (χ0) is 18.4. The minimum absolute atomic E-state index is 0.212. The first-order valence-corrected chi connectivity index (χ1v) is 9.24. The van der Waals surface area contributed by atoms with Crippen molar-refractivity contribution in [2.24, 2.45) is 0 Å². The van der Waals surface area contributed by atoms with Crippen molar-refractivity contribution < 1.29 is 4.79 Å². The Morgan fingerprint density at radius 2 is 1.85 bits per heavy atom. The Hall–Kier alpha value is -2.64. The number of nitriles is 1. The van der Waals surface area contributed by atoms with Gasteiger partial charge in [0.05, 0.1) is 11.6 Å². The van der Waals surface area contributed by atoms with Crippen molar-refractivity contribution in [1.29, 1.82) is 5.26 Å². The van der Waals surface area contributed by atoms with Crippen LogP contribution in [0.1, 0.15) is 36.5 Å². The molecule has 1 fully saturated rings. The second kappa shape index (κ2) is 8.64. The van der Waals surface area contributed by atoms with Gasteiger partial charge in [0.15, 0.2) is 0 Å². The molecule has 1 saturated heterocycles. The first-order chi connectivity index (χ1) is 12.7. The lowest BCUT2D eigenvalue weighted by atomic mass is 10.1. The SMILES string of the molecule is CC[C@H]1CN(Cc2cccc(C#N)c2)CCC(=O)N1Cc1ccccc1. The molecule has 0 aromatic heterocycles. The Morgan fingerprint density at radius 1 is 1.08 bits per heavy atom. The maximum absolute atomic E-state index is 12.7. The van der Waals surface area contributed by atoms with Gasteiger partial charge in [0.2, 0.25) is 5.91 Å². The van der Waals surface area contributed by atoms with Gasteiger partial charge in [-0.05, 0) is 29.7 Å². The van der Waals surface area contributed by atoms with E-state index in [1.165, 1.54) is 5.56 Å². The minimum Gasteiger partial charge on any atom is -0.334 e. The molecule has 4 nitrogen and oxygen atoms in total. The number of hydrogen-bond donors (Lipinski definition) is 0. The lowest BCUT2D eigenvalue weighted by Gasteiger charge is -2.31. The first kappa shape index (κ1) is 18.2. The number of nitrogens with zero attached hydrogens (tertiary/aromatic N) is 3. The highest BCUT2D eigenvalue weighted by Crippen LogP contribution is 2.19. The second-order valence-electron chi connectivity index (χ2n) is 6.87. The fraction of sp³-hybridized carbons (Fsp3) is 0.364. The fourth-order valence-electron chi connectivity index (χ4n) is 3.58. The van der Waals surface area contributed by atoms with E-state index >= 15 is 0 Å². The summed E-state index contributed by atoms with van der Waals surface area (Å²) < 4.78 is 0. The van der Waals surface area contributed by atoms with Crippen molar-refractivity contribution in [2.75, 3.05) is 13.1 Å². The molecule has 3 rings (SSSR count). The number of amides is 1. The fourth-order valence-corrected chi connectivity index (χ4v) is 3.58. The van der Waals surface area contributed by atoms with E-state index in [-0.39, 0.29) is 11.9 Å². The third kappa shape index (κ3) is 4.50. The molecule has 1 amide bonds. The molecule has 1 atom stereocenters. The molecule has 2 aromatic carbocycles. The summed E-state index contributed by atoms with van der Waals surface area (Å²) in [7, 11) is 0. The zero-order valence-electron chi connectivity index (χ0n) is 15.3. The highest BCUT2D eigenvalue weighted by molar-refractivity contribution is 5.77. The summed E-state index contributed by atoms with van der Waals surface area (Å²) in [5.41, 5.74) is 2.99. The van der Waals surface area contributed by atoms with Gasteiger partial charge in [-0.2, -0.15) is 5.26 Å². The third-order valence-electron chi connectivity index (χ3n) is 5.00. The zero-order valence-corrected chi connectivity index (χ0v) is 15.3. The van der Waals surface area contributed by atoms with Crippen LogP contribution in [0.4, 0.5) is 0 Å². The Bertz CT molecular complexity index is 781. The Labute approximate surface area is 155 Å². The number of rotatable bonds is 5. The number of carbonyl (C=O) groups is 1. The molecule has 0 N–H and O–H groups in total. The predicted molar refractivity (Wildman–Crippen MR) is 102 cm³/mol. The van der Waals surface area contributed by atoms with Crippen molar-refractivity contribution in [3.05, 3.63) is 71.3 Å². The highest BCUT2D eigenvalue weighted by atomic mass is 16.2. The Kier molecular flexibility index (Phi) is 6.04. The molecule has 0 saturated carbocycles. The molecule has 0 aliphatic carbocycles. The van der Waals surface area contributed by atoms with Crippen LogP contribution < -0.4 is 0 Å². The standard InChI is InChI=1S/C22H25N3O/c1-2-21-17-24(15-20-10-6-9-19(13-20)14-23)12-11-22(26)25(21)16-18-7-4-3-5-8-18/h3-10,13,21H,2,11-12,15-17H2,1H3/t21-/m0/s1. The quantitative estimate of drug-likeness (QED) is 0.831. The molecule has 1 aliphatic rings. The van der Waals surface area contributed by atoms with Gasteiger partial charge in [-0.1, -0.05) is 49.4 Å². The number of benzene rings is 2. The van der Waals surface area contributed by atoms with E-state index in [4.69, 9.17) is 5.26 Å². The highest BCUT2D eigenvalue weighted by Gasteiger charge is 2.28. The van der Waals surface area contributed by atoms with Gasteiger partial charge in [-0.25, -0.2) is 0 Å². The molecule has 2 aromatic rings. The van der Waals surface area contributed by atoms with Crippen molar-refractivity contribution in [1.82, 2.24) is 9.80 Å². The number of hydrogen-bond acceptors (Lipinski definition) is 3. The summed E-state index contributed by atoms with van der Waals surface area (Å²) in [6.07, 6.45) is 1.48. The third-order valence-corrected chi connectivity index (χ3v) is 5.00. The molecule has 0 spiro atoms. The van der Waals surface area contributed by atoms with E-state index < -0.39 is 0 Å². The molecule has 26 heavy (non-hydrogen) atoms. The molecule has 0 unspecified atom stereocenters. The molecular formula is C22H25N3O. The van der Waals surface area contributed by atoms with Crippen LogP contribution in [-0.4, -0.2) is 34.8 Å². The second-order valence-corrected chi connectivity index (χ2v) is 6.87. The molecule has 1 heterocycles. The van der Waals surface area contributed by atoms with Crippen LogP contribution in [0.25, 0.3) is 0 Å². The summed E-state index contributed by atoms with van der Waals surface area (Å²) in [5, 5.41) is 9.09. The summed E-state index contributed by atoms with van der Waals surface area (Å²) >= 11 is 0. The van der Waals surface area contributed by atoms with Crippen molar-refractivity contribution in [2.45, 2.75) is 38.9 Å². The van der Waals surface area contributed by atoms with Crippen LogP contribution in [0, 0.1) is 11.3 Å². The molecule has 4 heteroatoms.